The molecule has 0 saturated heterocycles. The Bertz CT molecular complexity index is 594. The van der Waals surface area contributed by atoms with Gasteiger partial charge in [-0.25, -0.2) is 4.99 Å². The Morgan fingerprint density at radius 2 is 1.86 bits per heavy atom. The molecule has 4 N–H and O–H groups in total. The second kappa shape index (κ2) is 5.04. The van der Waals surface area contributed by atoms with E-state index in [4.69, 9.17) is 11.5 Å². The molecule has 1 aliphatic heterocycles. The fourth-order valence-corrected chi connectivity index (χ4v) is 2.59. The molecule has 0 atom stereocenters. The van der Waals surface area contributed by atoms with Crippen molar-refractivity contribution in [1.29, 1.82) is 0 Å². The van der Waals surface area contributed by atoms with Crippen LogP contribution in [-0.2, 0) is 6.54 Å². The molecular weight excluding hydrogens is 264 g/mol. The van der Waals surface area contributed by atoms with Gasteiger partial charge in [-0.1, -0.05) is 12.1 Å². The lowest BCUT2D eigenvalue weighted by Crippen LogP contribution is -2.54. The second-order valence-corrected chi connectivity index (χ2v) is 6.89. The molecule has 1 aliphatic rings. The van der Waals surface area contributed by atoms with Crippen LogP contribution in [-0.4, -0.2) is 43.2 Å². The van der Waals surface area contributed by atoms with Crippen molar-refractivity contribution in [3.63, 3.8) is 0 Å². The molecule has 1 aromatic carbocycles. The maximum Gasteiger partial charge on any atom is 0.220 e. The zero-order chi connectivity index (χ0) is 15.8. The van der Waals surface area contributed by atoms with Crippen LogP contribution >= 0.6 is 0 Å². The van der Waals surface area contributed by atoms with Gasteiger partial charge in [-0.15, -0.1) is 0 Å². The first-order valence-corrected chi connectivity index (χ1v) is 6.98. The summed E-state index contributed by atoms with van der Waals surface area (Å²) in [6.07, 6.45) is 0. The third-order valence-electron chi connectivity index (χ3n) is 3.22. The van der Waals surface area contributed by atoms with Crippen molar-refractivity contribution < 1.29 is 4.48 Å². The average Bonchev–Trinajstić information content (AvgIpc) is 2.23. The van der Waals surface area contributed by atoms with Crippen molar-refractivity contribution in [2.24, 2.45) is 21.5 Å². The number of quaternary nitrogens is 1. The first kappa shape index (κ1) is 15.3. The number of nitrogens with zero attached hydrogens (tertiary/aromatic N) is 4. The van der Waals surface area contributed by atoms with Gasteiger partial charge in [0.15, 0.2) is 0 Å². The van der Waals surface area contributed by atoms with E-state index in [9.17, 15) is 0 Å². The van der Waals surface area contributed by atoms with Crippen molar-refractivity contribution in [2.75, 3.05) is 26.0 Å². The van der Waals surface area contributed by atoms with E-state index in [1.165, 1.54) is 5.56 Å². The van der Waals surface area contributed by atoms with Crippen LogP contribution in [0.1, 0.15) is 19.4 Å². The molecule has 21 heavy (non-hydrogen) atoms. The van der Waals surface area contributed by atoms with Gasteiger partial charge in [0.1, 0.15) is 12.2 Å². The van der Waals surface area contributed by atoms with E-state index in [2.05, 4.69) is 43.3 Å². The number of benzene rings is 1. The molecular formula is C15H25N6+. The van der Waals surface area contributed by atoms with Crippen molar-refractivity contribution in [3.8, 4) is 0 Å². The first-order chi connectivity index (χ1) is 9.58. The molecule has 0 radical (unpaired) electrons. The summed E-state index contributed by atoms with van der Waals surface area (Å²) in [5.41, 5.74) is 13.4. The van der Waals surface area contributed by atoms with E-state index < -0.39 is 5.66 Å². The number of hydrogen-bond acceptors (Lipinski definition) is 5. The van der Waals surface area contributed by atoms with Gasteiger partial charge < -0.3 is 16.0 Å². The monoisotopic (exact) mass is 289 g/mol. The lowest BCUT2D eigenvalue weighted by molar-refractivity contribution is -0.884. The van der Waals surface area contributed by atoms with Crippen molar-refractivity contribution in [3.05, 3.63) is 29.8 Å². The van der Waals surface area contributed by atoms with Crippen LogP contribution in [0.25, 0.3) is 0 Å². The van der Waals surface area contributed by atoms with Crippen molar-refractivity contribution in [2.45, 2.75) is 26.1 Å². The van der Waals surface area contributed by atoms with Crippen LogP contribution in [0.2, 0.25) is 0 Å². The highest BCUT2D eigenvalue weighted by Crippen LogP contribution is 2.28. The molecule has 1 aromatic rings. The van der Waals surface area contributed by atoms with Gasteiger partial charge in [-0.3, -0.25) is 4.90 Å². The lowest BCUT2D eigenvalue weighted by Gasteiger charge is -2.38. The van der Waals surface area contributed by atoms with Crippen LogP contribution in [0.15, 0.2) is 34.3 Å². The third kappa shape index (κ3) is 3.52. The summed E-state index contributed by atoms with van der Waals surface area (Å²) in [5, 5.41) is 0. The quantitative estimate of drug-likeness (QED) is 0.817. The minimum absolute atomic E-state index is 0.219. The van der Waals surface area contributed by atoms with E-state index in [0.717, 1.165) is 16.7 Å². The topological polar surface area (TPSA) is 80.0 Å². The minimum Gasteiger partial charge on any atom is -0.369 e. The average molecular weight is 289 g/mol. The molecule has 0 aliphatic carbocycles. The van der Waals surface area contributed by atoms with E-state index in [1.54, 1.807) is 0 Å². The Labute approximate surface area is 126 Å². The fraction of sp³-hybridized carbons (Fsp3) is 0.467. The Morgan fingerprint density at radius 3 is 2.43 bits per heavy atom. The summed E-state index contributed by atoms with van der Waals surface area (Å²) in [6, 6.07) is 8.30. The standard InChI is InChI=1S/C15H25N6/c1-15(2)19-13(16)18-14(17)20(15)12-8-6-7-11(9-12)10-21(3,4)5/h6-9H,10H2,1-5H3,(H4,16,17,18,19)/q+1. The Morgan fingerprint density at radius 1 is 1.19 bits per heavy atom. The highest BCUT2D eigenvalue weighted by atomic mass is 15.4. The summed E-state index contributed by atoms with van der Waals surface area (Å²) in [6.45, 7) is 4.87. The molecule has 0 aromatic heterocycles. The maximum atomic E-state index is 6.07. The van der Waals surface area contributed by atoms with Crippen molar-refractivity contribution in [1.82, 2.24) is 0 Å². The normalized spacial score (nSPS) is 18.2. The maximum absolute atomic E-state index is 6.07. The molecule has 6 nitrogen and oxygen atoms in total. The third-order valence-corrected chi connectivity index (χ3v) is 3.22. The van der Waals surface area contributed by atoms with E-state index in [0.29, 0.717) is 5.96 Å². The zero-order valence-corrected chi connectivity index (χ0v) is 13.5. The summed E-state index contributed by atoms with van der Waals surface area (Å²) in [4.78, 5) is 10.4. The van der Waals surface area contributed by atoms with Crippen LogP contribution in [0, 0.1) is 0 Å². The smallest absolute Gasteiger partial charge is 0.220 e. The molecule has 0 fully saturated rings. The molecule has 0 unspecified atom stereocenters. The van der Waals surface area contributed by atoms with Crippen LogP contribution in [0.4, 0.5) is 5.69 Å². The molecule has 0 bridgehead atoms. The van der Waals surface area contributed by atoms with Gasteiger partial charge in [0.2, 0.25) is 11.9 Å². The number of rotatable bonds is 3. The van der Waals surface area contributed by atoms with E-state index in [1.807, 2.05) is 30.9 Å². The molecule has 2 rings (SSSR count). The number of anilines is 1. The summed E-state index contributed by atoms with van der Waals surface area (Å²) in [7, 11) is 6.49. The van der Waals surface area contributed by atoms with Gasteiger partial charge in [-0.05, 0) is 26.0 Å². The number of hydrogen-bond donors (Lipinski definition) is 2. The van der Waals surface area contributed by atoms with Crippen LogP contribution < -0.4 is 16.4 Å². The molecule has 0 amide bonds. The van der Waals surface area contributed by atoms with Gasteiger partial charge in [-0.2, -0.15) is 4.99 Å². The Hall–Kier alpha value is -2.08. The first-order valence-electron chi connectivity index (χ1n) is 6.98. The predicted octanol–water partition coefficient (Wildman–Crippen LogP) is 1.08. The zero-order valence-electron chi connectivity index (χ0n) is 13.5. The predicted molar refractivity (Wildman–Crippen MR) is 88.0 cm³/mol. The van der Waals surface area contributed by atoms with Gasteiger partial charge in [0.25, 0.3) is 0 Å². The van der Waals surface area contributed by atoms with Gasteiger partial charge in [0, 0.05) is 11.3 Å². The van der Waals surface area contributed by atoms with E-state index >= 15 is 0 Å². The van der Waals surface area contributed by atoms with E-state index in [-0.39, 0.29) is 5.96 Å². The Kier molecular flexibility index (Phi) is 3.67. The fourth-order valence-electron chi connectivity index (χ4n) is 2.59. The van der Waals surface area contributed by atoms with Crippen LogP contribution in [0.5, 0.6) is 0 Å². The summed E-state index contributed by atoms with van der Waals surface area (Å²) >= 11 is 0. The van der Waals surface area contributed by atoms with Crippen molar-refractivity contribution >= 4 is 17.6 Å². The summed E-state index contributed by atoms with van der Waals surface area (Å²) < 4.78 is 0.863. The number of nitrogens with two attached hydrogens (primary N) is 2. The highest BCUT2D eigenvalue weighted by Gasteiger charge is 2.33. The van der Waals surface area contributed by atoms with Gasteiger partial charge >= 0.3 is 0 Å². The SMILES string of the molecule is CC1(C)N=C(N)N=C(N)N1c1cccc(C[N+](C)(C)C)c1. The largest absolute Gasteiger partial charge is 0.369 e. The Balaban J connectivity index is 2.38. The second-order valence-electron chi connectivity index (χ2n) is 6.89. The lowest BCUT2D eigenvalue weighted by atomic mass is 10.1. The number of aliphatic imine (C=N–C) groups is 2. The molecule has 114 valence electrons. The summed E-state index contributed by atoms with van der Waals surface area (Å²) in [5.74, 6) is 0.589. The van der Waals surface area contributed by atoms with Crippen LogP contribution in [0.3, 0.4) is 0 Å². The molecule has 0 saturated carbocycles. The highest BCUT2D eigenvalue weighted by molar-refractivity contribution is 6.05. The number of guanidine groups is 2. The molecule has 6 heteroatoms. The minimum atomic E-state index is -0.550. The molecule has 0 spiro atoms. The molecule has 1 heterocycles. The van der Waals surface area contributed by atoms with Gasteiger partial charge in [0.05, 0.1) is 21.1 Å².